The van der Waals surface area contributed by atoms with Gasteiger partial charge in [0.25, 0.3) is 0 Å². The van der Waals surface area contributed by atoms with Crippen LogP contribution in [0.1, 0.15) is 20.3 Å². The quantitative estimate of drug-likeness (QED) is 0.750. The minimum absolute atomic E-state index is 0.273. The van der Waals surface area contributed by atoms with E-state index in [1.54, 1.807) is 11.8 Å². The van der Waals surface area contributed by atoms with Gasteiger partial charge < -0.3 is 10.1 Å². The number of hydrogen-bond acceptors (Lipinski definition) is 4. The van der Waals surface area contributed by atoms with Crippen LogP contribution < -0.4 is 5.32 Å². The topological polar surface area (TPSA) is 33.6 Å². The maximum absolute atomic E-state index is 5.41. The van der Waals surface area contributed by atoms with E-state index in [0.29, 0.717) is 0 Å². The number of rotatable bonds is 4. The Morgan fingerprint density at radius 1 is 1.69 bits per heavy atom. The molecule has 1 rings (SSSR count). The van der Waals surface area contributed by atoms with Crippen molar-refractivity contribution in [1.82, 2.24) is 5.32 Å². The minimum atomic E-state index is 0.273. The molecule has 0 spiro atoms. The van der Waals surface area contributed by atoms with E-state index in [-0.39, 0.29) is 6.10 Å². The molecule has 1 N–H and O–H groups in total. The van der Waals surface area contributed by atoms with Crippen LogP contribution in [0.4, 0.5) is 0 Å². The Labute approximate surface area is 84.3 Å². The summed E-state index contributed by atoms with van der Waals surface area (Å²) in [5.74, 6) is 1.19. The molecule has 0 bridgehead atoms. The van der Waals surface area contributed by atoms with E-state index in [2.05, 4.69) is 17.2 Å². The summed E-state index contributed by atoms with van der Waals surface area (Å²) in [5, 5.41) is 4.38. The van der Waals surface area contributed by atoms with Crippen molar-refractivity contribution in [3.05, 3.63) is 0 Å². The van der Waals surface area contributed by atoms with Gasteiger partial charge >= 0.3 is 0 Å². The molecule has 0 aromatic carbocycles. The largest absolute Gasteiger partial charge is 0.377 e. The van der Waals surface area contributed by atoms with Gasteiger partial charge in [-0.1, -0.05) is 11.8 Å². The van der Waals surface area contributed by atoms with E-state index in [1.807, 2.05) is 6.92 Å². The number of hydrogen-bond donors (Lipinski definition) is 1. The van der Waals surface area contributed by atoms with Crippen LogP contribution in [-0.4, -0.2) is 36.7 Å². The van der Waals surface area contributed by atoms with Gasteiger partial charge in [-0.25, -0.2) is 0 Å². The molecule has 0 amide bonds. The molecule has 0 aromatic rings. The molecule has 4 heteroatoms. The Balaban J connectivity index is 2.13. The third-order valence-electron chi connectivity index (χ3n) is 1.79. The molecule has 1 atom stereocenters. The highest BCUT2D eigenvalue weighted by molar-refractivity contribution is 8.13. The Morgan fingerprint density at radius 2 is 2.54 bits per heavy atom. The van der Waals surface area contributed by atoms with Crippen LogP contribution in [0.3, 0.4) is 0 Å². The average Bonchev–Trinajstić information content (AvgIpc) is 2.17. The van der Waals surface area contributed by atoms with Gasteiger partial charge in [0.2, 0.25) is 0 Å². The Morgan fingerprint density at radius 3 is 3.15 bits per heavy atom. The van der Waals surface area contributed by atoms with Crippen LogP contribution in [0.2, 0.25) is 0 Å². The lowest BCUT2D eigenvalue weighted by atomic mass is 10.4. The molecule has 13 heavy (non-hydrogen) atoms. The van der Waals surface area contributed by atoms with E-state index in [4.69, 9.17) is 4.74 Å². The van der Waals surface area contributed by atoms with E-state index < -0.39 is 0 Å². The molecule has 0 saturated carbocycles. The summed E-state index contributed by atoms with van der Waals surface area (Å²) in [7, 11) is 0. The van der Waals surface area contributed by atoms with Gasteiger partial charge in [-0.15, -0.1) is 0 Å². The fourth-order valence-corrected chi connectivity index (χ4v) is 1.98. The Kier molecular flexibility index (Phi) is 5.23. The number of aliphatic imine (C=N–C) groups is 1. The molecule has 1 heterocycles. The summed E-state index contributed by atoms with van der Waals surface area (Å²) < 4.78 is 5.41. The van der Waals surface area contributed by atoms with Gasteiger partial charge in [0.1, 0.15) is 0 Å². The van der Waals surface area contributed by atoms with Gasteiger partial charge in [-0.3, -0.25) is 4.99 Å². The zero-order chi connectivity index (χ0) is 9.52. The monoisotopic (exact) mass is 202 g/mol. The summed E-state index contributed by atoms with van der Waals surface area (Å²) in [6, 6.07) is 0. The molecule has 1 aliphatic heterocycles. The molecular weight excluding hydrogens is 184 g/mol. The van der Waals surface area contributed by atoms with Crippen LogP contribution in [0.15, 0.2) is 4.99 Å². The molecule has 3 nitrogen and oxygen atoms in total. The molecular formula is C9H18N2OS. The third kappa shape index (κ3) is 4.52. The lowest BCUT2D eigenvalue weighted by Crippen LogP contribution is -2.31. The molecule has 1 unspecified atom stereocenters. The van der Waals surface area contributed by atoms with Gasteiger partial charge in [-0.05, 0) is 20.3 Å². The smallest absolute Gasteiger partial charge is 0.156 e. The molecule has 0 radical (unpaired) electrons. The summed E-state index contributed by atoms with van der Waals surface area (Å²) in [4.78, 5) is 4.37. The standard InChI is InChI=1S/C9H18N2OS/c1-3-12-8(2)7-11-9-10-5-4-6-13-9/h8H,3-7H2,1-2H3,(H,10,11). The highest BCUT2D eigenvalue weighted by Gasteiger charge is 2.06. The van der Waals surface area contributed by atoms with Gasteiger partial charge in [0.05, 0.1) is 6.10 Å². The minimum Gasteiger partial charge on any atom is -0.377 e. The number of amidine groups is 1. The molecule has 0 saturated heterocycles. The second-order valence-electron chi connectivity index (χ2n) is 3.04. The van der Waals surface area contributed by atoms with Crippen LogP contribution in [0.25, 0.3) is 0 Å². The number of ether oxygens (including phenoxy) is 1. The summed E-state index contributed by atoms with van der Waals surface area (Å²) >= 11 is 1.81. The van der Waals surface area contributed by atoms with E-state index in [0.717, 1.165) is 24.9 Å². The second-order valence-corrected chi connectivity index (χ2v) is 4.12. The Hall–Kier alpha value is -0.220. The van der Waals surface area contributed by atoms with E-state index in [1.165, 1.54) is 12.2 Å². The summed E-state index contributed by atoms with van der Waals surface area (Å²) in [6.45, 7) is 6.70. The van der Waals surface area contributed by atoms with Gasteiger partial charge in [0, 0.05) is 25.4 Å². The first-order valence-electron chi connectivity index (χ1n) is 4.85. The van der Waals surface area contributed by atoms with Crippen molar-refractivity contribution in [1.29, 1.82) is 0 Å². The first kappa shape index (κ1) is 10.9. The molecule has 0 aromatic heterocycles. The maximum Gasteiger partial charge on any atom is 0.156 e. The first-order chi connectivity index (χ1) is 6.33. The zero-order valence-corrected chi connectivity index (χ0v) is 9.19. The van der Waals surface area contributed by atoms with Crippen LogP contribution in [0, 0.1) is 0 Å². The molecule has 1 aliphatic rings. The number of nitrogens with one attached hydrogen (secondary N) is 1. The van der Waals surface area contributed by atoms with Crippen molar-refractivity contribution in [3.8, 4) is 0 Å². The average molecular weight is 202 g/mol. The molecule has 0 fully saturated rings. The Bertz CT molecular complexity index is 173. The summed E-state index contributed by atoms with van der Waals surface area (Å²) in [6.07, 6.45) is 1.48. The van der Waals surface area contributed by atoms with E-state index >= 15 is 0 Å². The summed E-state index contributed by atoms with van der Waals surface area (Å²) in [5.41, 5.74) is 0. The van der Waals surface area contributed by atoms with Crippen LogP contribution in [0.5, 0.6) is 0 Å². The van der Waals surface area contributed by atoms with E-state index in [9.17, 15) is 0 Å². The van der Waals surface area contributed by atoms with Crippen LogP contribution >= 0.6 is 11.8 Å². The van der Waals surface area contributed by atoms with Gasteiger partial charge in [0.15, 0.2) is 5.17 Å². The lowest BCUT2D eigenvalue weighted by molar-refractivity contribution is 0.0796. The van der Waals surface area contributed by atoms with Crippen molar-refractivity contribution >= 4 is 16.9 Å². The molecule has 76 valence electrons. The fraction of sp³-hybridized carbons (Fsp3) is 0.889. The van der Waals surface area contributed by atoms with Gasteiger partial charge in [-0.2, -0.15) is 0 Å². The molecule has 0 aliphatic carbocycles. The van der Waals surface area contributed by atoms with Crippen molar-refractivity contribution in [3.63, 3.8) is 0 Å². The second kappa shape index (κ2) is 6.27. The van der Waals surface area contributed by atoms with Crippen molar-refractivity contribution in [2.75, 3.05) is 25.4 Å². The third-order valence-corrected chi connectivity index (χ3v) is 2.83. The normalized spacial score (nSPS) is 19.4. The number of nitrogens with zero attached hydrogens (tertiary/aromatic N) is 1. The number of thioether (sulfide) groups is 1. The fourth-order valence-electron chi connectivity index (χ4n) is 1.14. The van der Waals surface area contributed by atoms with Crippen molar-refractivity contribution < 1.29 is 4.74 Å². The predicted octanol–water partition coefficient (Wildman–Crippen LogP) is 1.49. The zero-order valence-electron chi connectivity index (χ0n) is 8.38. The highest BCUT2D eigenvalue weighted by Crippen LogP contribution is 2.09. The maximum atomic E-state index is 5.41. The van der Waals surface area contributed by atoms with Crippen LogP contribution in [-0.2, 0) is 4.74 Å². The first-order valence-corrected chi connectivity index (χ1v) is 5.84. The predicted molar refractivity (Wildman–Crippen MR) is 58.5 cm³/mol. The SMILES string of the molecule is CCOC(C)CNC1=NCCCS1. The highest BCUT2D eigenvalue weighted by atomic mass is 32.2. The lowest BCUT2D eigenvalue weighted by Gasteiger charge is -2.16. The van der Waals surface area contributed by atoms with Crippen molar-refractivity contribution in [2.45, 2.75) is 26.4 Å². The van der Waals surface area contributed by atoms with Crippen molar-refractivity contribution in [2.24, 2.45) is 4.99 Å².